The number of carbonyl (C=O) groups is 4. The second kappa shape index (κ2) is 60.0. The molecule has 0 aromatic carbocycles. The summed E-state index contributed by atoms with van der Waals surface area (Å²) in [6.07, 6.45) is 42.9. The Hall–Kier alpha value is -1.94. The van der Waals surface area contributed by atoms with Crippen molar-refractivity contribution in [1.29, 1.82) is 0 Å². The average Bonchev–Trinajstić information content (AvgIpc) is 3.54. The quantitative estimate of drug-likeness (QED) is 0.0222. The molecule has 7 atom stereocenters. The van der Waals surface area contributed by atoms with E-state index in [1.165, 1.54) is 154 Å². The fourth-order valence-corrected chi connectivity index (χ4v) is 11.9. The maximum Gasteiger partial charge on any atom is 0.472 e. The van der Waals surface area contributed by atoms with E-state index in [1.54, 1.807) is 0 Å². The van der Waals surface area contributed by atoms with Crippen molar-refractivity contribution in [2.45, 2.75) is 362 Å². The molecule has 0 saturated carbocycles. The molecule has 17 nitrogen and oxygen atoms in total. The number of ether oxygens (including phenoxy) is 4. The molecule has 0 spiro atoms. The van der Waals surface area contributed by atoms with E-state index in [-0.39, 0.29) is 25.7 Å². The standard InChI is InChI=1S/C69H134O17P2/c1-8-11-12-13-14-15-16-17-20-29-36-43-50-66(71)79-56-65(86-69(74)53-46-39-32-25-23-28-35-42-49-62(7)10-3)59-84-88(77,78)82-55-63(70)54-81-87(75,76)83-58-64(85-68(73)52-45-38-31-21-18-19-26-33-40-47-60(4)5)57-80-67(72)51-44-37-30-24-22-27-34-41-48-61(6)9-2/h60-65,70H,8-59H2,1-7H3,(H,75,76)(H,77,78)/t61?,62?,63-,64-,65-/m1/s1. The number of aliphatic hydroxyl groups excluding tert-OH is 1. The molecule has 0 heterocycles. The van der Waals surface area contributed by atoms with Gasteiger partial charge >= 0.3 is 39.5 Å². The van der Waals surface area contributed by atoms with Crippen LogP contribution in [0.25, 0.3) is 0 Å². The summed E-state index contributed by atoms with van der Waals surface area (Å²) in [6, 6.07) is 0. The van der Waals surface area contributed by atoms with Crippen LogP contribution in [0.2, 0.25) is 0 Å². The highest BCUT2D eigenvalue weighted by Gasteiger charge is 2.30. The van der Waals surface area contributed by atoms with E-state index < -0.39 is 97.5 Å². The Morgan fingerprint density at radius 3 is 0.864 bits per heavy atom. The van der Waals surface area contributed by atoms with Crippen LogP contribution in [0.15, 0.2) is 0 Å². The lowest BCUT2D eigenvalue weighted by Crippen LogP contribution is -2.30. The number of esters is 4. The SMILES string of the molecule is CCCCCCCCCCCCCCC(=O)OC[C@H](COP(=O)(O)OC[C@H](O)COP(=O)(O)OC[C@@H](COC(=O)CCCCCCCCCCC(C)CC)OC(=O)CCCCCCCCCCCC(C)C)OC(=O)CCCCCCCCCCC(C)CC. The van der Waals surface area contributed by atoms with Gasteiger partial charge in [0.2, 0.25) is 0 Å². The largest absolute Gasteiger partial charge is 0.472 e. The summed E-state index contributed by atoms with van der Waals surface area (Å²) in [6.45, 7) is 11.8. The monoisotopic (exact) mass is 1300 g/mol. The Labute approximate surface area is 537 Å². The second-order valence-corrected chi connectivity index (χ2v) is 28.8. The smallest absolute Gasteiger partial charge is 0.462 e. The topological polar surface area (TPSA) is 237 Å². The Bertz CT molecular complexity index is 1740. The minimum atomic E-state index is -4.95. The van der Waals surface area contributed by atoms with Crippen LogP contribution < -0.4 is 0 Å². The first-order valence-electron chi connectivity index (χ1n) is 35.9. The first-order valence-corrected chi connectivity index (χ1v) is 38.9. The van der Waals surface area contributed by atoms with Gasteiger partial charge in [-0.3, -0.25) is 37.3 Å². The molecule has 0 aromatic rings. The minimum absolute atomic E-state index is 0.104. The van der Waals surface area contributed by atoms with E-state index in [0.29, 0.717) is 25.7 Å². The van der Waals surface area contributed by atoms with Gasteiger partial charge in [-0.15, -0.1) is 0 Å². The maximum atomic E-state index is 13.0. The molecule has 0 aliphatic carbocycles. The highest BCUT2D eigenvalue weighted by Crippen LogP contribution is 2.45. The number of phosphoric ester groups is 2. The molecule has 522 valence electrons. The van der Waals surface area contributed by atoms with Gasteiger partial charge in [0.25, 0.3) is 0 Å². The van der Waals surface area contributed by atoms with Crippen molar-refractivity contribution >= 4 is 39.5 Å². The molecule has 0 bridgehead atoms. The number of phosphoric acid groups is 2. The second-order valence-electron chi connectivity index (χ2n) is 25.9. The van der Waals surface area contributed by atoms with Crippen molar-refractivity contribution in [2.75, 3.05) is 39.6 Å². The summed E-state index contributed by atoms with van der Waals surface area (Å²) in [5.74, 6) is 0.155. The predicted molar refractivity (Wildman–Crippen MR) is 354 cm³/mol. The minimum Gasteiger partial charge on any atom is -0.462 e. The van der Waals surface area contributed by atoms with Crippen LogP contribution in [-0.2, 0) is 65.4 Å². The van der Waals surface area contributed by atoms with Gasteiger partial charge in [0.15, 0.2) is 12.2 Å². The van der Waals surface area contributed by atoms with Gasteiger partial charge in [-0.2, -0.15) is 0 Å². The predicted octanol–water partition coefficient (Wildman–Crippen LogP) is 19.5. The van der Waals surface area contributed by atoms with E-state index in [2.05, 4.69) is 48.5 Å². The molecule has 4 unspecified atom stereocenters. The molecule has 3 N–H and O–H groups in total. The highest BCUT2D eigenvalue weighted by atomic mass is 31.2. The van der Waals surface area contributed by atoms with E-state index in [4.69, 9.17) is 37.0 Å². The van der Waals surface area contributed by atoms with Crippen molar-refractivity contribution in [3.63, 3.8) is 0 Å². The molecule has 0 amide bonds. The van der Waals surface area contributed by atoms with Gasteiger partial charge in [-0.05, 0) is 43.4 Å². The Kier molecular flexibility index (Phi) is 58.7. The lowest BCUT2D eigenvalue weighted by atomic mass is 9.99. The number of rotatable bonds is 67. The molecule has 0 fully saturated rings. The maximum absolute atomic E-state index is 13.0. The van der Waals surface area contributed by atoms with Gasteiger partial charge in [0, 0.05) is 25.7 Å². The Balaban J connectivity index is 5.27. The van der Waals surface area contributed by atoms with E-state index >= 15 is 0 Å². The first-order chi connectivity index (χ1) is 42.3. The molecule has 0 aliphatic heterocycles. The van der Waals surface area contributed by atoms with Crippen LogP contribution in [0, 0.1) is 17.8 Å². The van der Waals surface area contributed by atoms with Crippen molar-refractivity contribution in [3.8, 4) is 0 Å². The molecular formula is C69H134O17P2. The zero-order chi connectivity index (χ0) is 65.2. The lowest BCUT2D eigenvalue weighted by molar-refractivity contribution is -0.161. The van der Waals surface area contributed by atoms with E-state index in [9.17, 15) is 43.2 Å². The van der Waals surface area contributed by atoms with Gasteiger partial charge in [-0.25, -0.2) is 9.13 Å². The van der Waals surface area contributed by atoms with Crippen LogP contribution in [0.3, 0.4) is 0 Å². The zero-order valence-electron chi connectivity index (χ0n) is 57.2. The van der Waals surface area contributed by atoms with Crippen LogP contribution in [-0.4, -0.2) is 96.7 Å². The van der Waals surface area contributed by atoms with Gasteiger partial charge < -0.3 is 33.8 Å². The number of hydrogen-bond donors (Lipinski definition) is 3. The normalized spacial score (nSPS) is 14.9. The molecule has 0 saturated heterocycles. The number of carbonyl (C=O) groups excluding carboxylic acids is 4. The van der Waals surface area contributed by atoms with Gasteiger partial charge in [0.05, 0.1) is 26.4 Å². The fraction of sp³-hybridized carbons (Fsp3) is 0.942. The summed E-state index contributed by atoms with van der Waals surface area (Å²) >= 11 is 0. The van der Waals surface area contributed by atoms with Crippen LogP contribution in [0.4, 0.5) is 0 Å². The van der Waals surface area contributed by atoms with E-state index in [0.717, 1.165) is 108 Å². The fourth-order valence-electron chi connectivity index (χ4n) is 10.3. The molecule has 0 aromatic heterocycles. The van der Waals surface area contributed by atoms with Crippen molar-refractivity contribution in [3.05, 3.63) is 0 Å². The van der Waals surface area contributed by atoms with Crippen LogP contribution in [0.5, 0.6) is 0 Å². The summed E-state index contributed by atoms with van der Waals surface area (Å²) in [5, 5.41) is 10.6. The van der Waals surface area contributed by atoms with Crippen molar-refractivity contribution < 1.29 is 80.2 Å². The number of hydrogen-bond acceptors (Lipinski definition) is 15. The number of aliphatic hydroxyl groups is 1. The van der Waals surface area contributed by atoms with Gasteiger partial charge in [0.1, 0.15) is 19.3 Å². The molecule has 0 rings (SSSR count). The summed E-state index contributed by atoms with van der Waals surface area (Å²) in [4.78, 5) is 72.5. The molecule has 19 heteroatoms. The van der Waals surface area contributed by atoms with Crippen LogP contribution >= 0.6 is 15.6 Å². The first kappa shape index (κ1) is 86.1. The molecule has 0 aliphatic rings. The summed E-state index contributed by atoms with van der Waals surface area (Å²) in [5.41, 5.74) is 0. The Morgan fingerprint density at radius 2 is 0.580 bits per heavy atom. The van der Waals surface area contributed by atoms with Crippen LogP contribution in [0.1, 0.15) is 344 Å². The summed E-state index contributed by atoms with van der Waals surface area (Å²) in [7, 11) is -9.90. The third-order valence-electron chi connectivity index (χ3n) is 16.6. The molecular weight excluding hydrogens is 1160 g/mol. The molecule has 88 heavy (non-hydrogen) atoms. The number of unbranched alkanes of at least 4 members (excludes halogenated alkanes) is 33. The zero-order valence-corrected chi connectivity index (χ0v) is 59.0. The third kappa shape index (κ3) is 60.3. The third-order valence-corrected chi connectivity index (χ3v) is 18.5. The summed E-state index contributed by atoms with van der Waals surface area (Å²) < 4.78 is 68.3. The van der Waals surface area contributed by atoms with Gasteiger partial charge in [-0.1, -0.05) is 292 Å². The Morgan fingerprint density at radius 1 is 0.330 bits per heavy atom. The average molecular weight is 1300 g/mol. The molecule has 0 radical (unpaired) electrons. The highest BCUT2D eigenvalue weighted by molar-refractivity contribution is 7.47. The van der Waals surface area contributed by atoms with Crippen molar-refractivity contribution in [2.24, 2.45) is 17.8 Å². The lowest BCUT2D eigenvalue weighted by Gasteiger charge is -2.21. The van der Waals surface area contributed by atoms with Crippen molar-refractivity contribution in [1.82, 2.24) is 0 Å². The van der Waals surface area contributed by atoms with E-state index in [1.807, 2.05) is 0 Å².